The Labute approximate surface area is 138 Å². The molecule has 0 bridgehead atoms. The second-order valence-corrected chi connectivity index (χ2v) is 8.80. The maximum Gasteiger partial charge on any atom is 0.168 e. The number of aliphatic hydroxyl groups excluding tert-OH is 1. The molecule has 2 saturated carbocycles. The molecule has 6 atom stereocenters. The fraction of sp³-hybridized carbons (Fsp3) is 0.667. The lowest BCUT2D eigenvalue weighted by Gasteiger charge is -2.50. The largest absolute Gasteiger partial charge is 0.505 e. The summed E-state index contributed by atoms with van der Waals surface area (Å²) in [7, 11) is 0. The quantitative estimate of drug-likeness (QED) is 0.676. The van der Waals surface area contributed by atoms with Crippen LogP contribution in [0.5, 0.6) is 5.75 Å². The average Bonchev–Trinajstić information content (AvgIpc) is 2.74. The molecule has 0 unspecified atom stereocenters. The smallest absolute Gasteiger partial charge is 0.168 e. The van der Waals surface area contributed by atoms with Crippen LogP contribution in [0.15, 0.2) is 12.1 Å². The zero-order valence-corrected chi connectivity index (χ0v) is 14.3. The van der Waals surface area contributed by atoms with Crippen LogP contribution in [0.1, 0.15) is 49.7 Å². The standard InChI is InChI=1S/C18H22BrFO2/c1-18-7-6-10-9-4-5-15(21)16(20)12(9)3-2-11(10)13(18)8-14(19)17(18)22/h4-5,10-11,13-14,17,21-22H,2-3,6-8H2,1H3/t10-,11-,13+,14-,17+,18+/m1/s1. The van der Waals surface area contributed by atoms with Crippen molar-refractivity contribution in [2.24, 2.45) is 17.3 Å². The normalized spacial score (nSPS) is 43.4. The first kappa shape index (κ1) is 14.9. The molecule has 0 saturated heterocycles. The van der Waals surface area contributed by atoms with Crippen LogP contribution in [0.4, 0.5) is 4.39 Å². The van der Waals surface area contributed by atoms with Gasteiger partial charge in [-0.15, -0.1) is 0 Å². The molecule has 1 aromatic rings. The van der Waals surface area contributed by atoms with E-state index in [4.69, 9.17) is 0 Å². The summed E-state index contributed by atoms with van der Waals surface area (Å²) in [4.78, 5) is 0.180. The highest BCUT2D eigenvalue weighted by atomic mass is 79.9. The van der Waals surface area contributed by atoms with Gasteiger partial charge in [0.2, 0.25) is 0 Å². The molecule has 3 aliphatic rings. The summed E-state index contributed by atoms with van der Waals surface area (Å²) in [6.07, 6.45) is 4.39. The summed E-state index contributed by atoms with van der Waals surface area (Å²) in [6, 6.07) is 3.42. The highest BCUT2D eigenvalue weighted by Gasteiger charge is 2.57. The number of hydrogen-bond acceptors (Lipinski definition) is 2. The monoisotopic (exact) mass is 368 g/mol. The van der Waals surface area contributed by atoms with Gasteiger partial charge in [0.15, 0.2) is 11.6 Å². The molecule has 2 fully saturated rings. The molecular formula is C18H22BrFO2. The third-order valence-electron chi connectivity index (χ3n) is 6.76. The van der Waals surface area contributed by atoms with Gasteiger partial charge in [-0.2, -0.15) is 0 Å². The lowest BCUT2D eigenvalue weighted by Crippen LogP contribution is -2.44. The number of aliphatic hydroxyl groups is 1. The summed E-state index contributed by atoms with van der Waals surface area (Å²) in [5, 5.41) is 20.2. The minimum atomic E-state index is -0.422. The van der Waals surface area contributed by atoms with Gasteiger partial charge in [0.1, 0.15) is 0 Å². The Hall–Kier alpha value is -0.610. The van der Waals surface area contributed by atoms with Gasteiger partial charge in [-0.1, -0.05) is 28.9 Å². The molecule has 1 aromatic carbocycles. The molecule has 3 aliphatic carbocycles. The van der Waals surface area contributed by atoms with E-state index >= 15 is 0 Å². The molecule has 2 N–H and O–H groups in total. The summed E-state index contributed by atoms with van der Waals surface area (Å²) in [5.74, 6) is 0.744. The van der Waals surface area contributed by atoms with Crippen LogP contribution in [-0.4, -0.2) is 21.1 Å². The van der Waals surface area contributed by atoms with Gasteiger partial charge in [0.25, 0.3) is 0 Å². The predicted molar refractivity (Wildman–Crippen MR) is 86.8 cm³/mol. The lowest BCUT2D eigenvalue weighted by atomic mass is 9.55. The minimum Gasteiger partial charge on any atom is -0.505 e. The van der Waals surface area contributed by atoms with Crippen molar-refractivity contribution in [3.8, 4) is 5.75 Å². The van der Waals surface area contributed by atoms with Crippen molar-refractivity contribution in [3.05, 3.63) is 29.1 Å². The van der Waals surface area contributed by atoms with Gasteiger partial charge in [-0.05, 0) is 72.5 Å². The summed E-state index contributed by atoms with van der Waals surface area (Å²) >= 11 is 3.66. The van der Waals surface area contributed by atoms with Crippen LogP contribution in [0.3, 0.4) is 0 Å². The molecule has 0 radical (unpaired) electrons. The van der Waals surface area contributed by atoms with E-state index < -0.39 is 5.82 Å². The molecule has 120 valence electrons. The van der Waals surface area contributed by atoms with Crippen molar-refractivity contribution in [3.63, 3.8) is 0 Å². The molecule has 4 rings (SSSR count). The van der Waals surface area contributed by atoms with Gasteiger partial charge >= 0.3 is 0 Å². The van der Waals surface area contributed by atoms with Crippen molar-refractivity contribution in [1.82, 2.24) is 0 Å². The topological polar surface area (TPSA) is 40.5 Å². The fourth-order valence-electron chi connectivity index (χ4n) is 5.56. The first-order chi connectivity index (χ1) is 10.4. The van der Waals surface area contributed by atoms with Gasteiger partial charge in [-0.3, -0.25) is 0 Å². The fourth-order valence-corrected chi connectivity index (χ4v) is 6.56. The number of fused-ring (bicyclic) bond motifs is 5. The summed E-state index contributed by atoms with van der Waals surface area (Å²) < 4.78 is 14.2. The van der Waals surface area contributed by atoms with Gasteiger partial charge < -0.3 is 10.2 Å². The number of benzene rings is 1. The van der Waals surface area contributed by atoms with Crippen LogP contribution in [0.25, 0.3) is 0 Å². The number of aromatic hydroxyl groups is 1. The SMILES string of the molecule is C[C@]12CC[C@@H]3c4ccc(O)c(F)c4CC[C@H]3[C@@H]1C[C@@H](Br)[C@@H]2O. The molecule has 0 spiro atoms. The van der Waals surface area contributed by atoms with Crippen LogP contribution < -0.4 is 0 Å². The maximum atomic E-state index is 14.2. The third-order valence-corrected chi connectivity index (χ3v) is 7.63. The van der Waals surface area contributed by atoms with E-state index in [0.717, 1.165) is 36.8 Å². The van der Waals surface area contributed by atoms with E-state index in [1.165, 1.54) is 6.07 Å². The van der Waals surface area contributed by atoms with Crippen molar-refractivity contribution in [2.45, 2.75) is 55.9 Å². The van der Waals surface area contributed by atoms with Gasteiger partial charge in [-0.25, -0.2) is 4.39 Å². The van der Waals surface area contributed by atoms with Gasteiger partial charge in [0.05, 0.1) is 6.10 Å². The van der Waals surface area contributed by atoms with E-state index in [9.17, 15) is 14.6 Å². The van der Waals surface area contributed by atoms with E-state index in [0.29, 0.717) is 24.2 Å². The number of phenolic OH excluding ortho intramolecular Hbond substituents is 1. The number of alkyl halides is 1. The van der Waals surface area contributed by atoms with Crippen LogP contribution in [-0.2, 0) is 6.42 Å². The average molecular weight is 369 g/mol. The third kappa shape index (κ3) is 1.86. The molecular weight excluding hydrogens is 347 g/mol. The number of rotatable bonds is 0. The minimum absolute atomic E-state index is 0.0116. The van der Waals surface area contributed by atoms with E-state index in [1.54, 1.807) is 0 Å². The number of halogens is 2. The zero-order valence-electron chi connectivity index (χ0n) is 12.7. The first-order valence-corrected chi connectivity index (χ1v) is 9.17. The van der Waals surface area contributed by atoms with Crippen molar-refractivity contribution < 1.29 is 14.6 Å². The Morgan fingerprint density at radius 2 is 2.09 bits per heavy atom. The summed E-state index contributed by atoms with van der Waals surface area (Å²) in [6.45, 7) is 2.23. The Kier molecular flexibility index (Phi) is 3.36. The Morgan fingerprint density at radius 1 is 1.32 bits per heavy atom. The van der Waals surface area contributed by atoms with Crippen molar-refractivity contribution in [1.29, 1.82) is 0 Å². The van der Waals surface area contributed by atoms with E-state index in [-0.39, 0.29) is 22.1 Å². The Morgan fingerprint density at radius 3 is 2.86 bits per heavy atom. The second kappa shape index (κ2) is 4.94. The lowest BCUT2D eigenvalue weighted by molar-refractivity contribution is -0.0214. The van der Waals surface area contributed by atoms with Gasteiger partial charge in [0, 0.05) is 4.83 Å². The molecule has 22 heavy (non-hydrogen) atoms. The van der Waals surface area contributed by atoms with Crippen LogP contribution in [0.2, 0.25) is 0 Å². The van der Waals surface area contributed by atoms with E-state index in [1.807, 2.05) is 6.07 Å². The molecule has 0 aliphatic heterocycles. The highest BCUT2D eigenvalue weighted by molar-refractivity contribution is 9.09. The van der Waals surface area contributed by atoms with Crippen molar-refractivity contribution >= 4 is 15.9 Å². The Balaban J connectivity index is 1.73. The molecule has 0 heterocycles. The molecule has 2 nitrogen and oxygen atoms in total. The summed E-state index contributed by atoms with van der Waals surface area (Å²) in [5.41, 5.74) is 1.81. The predicted octanol–water partition coefficient (Wildman–Crippen LogP) is 4.12. The number of phenols is 1. The first-order valence-electron chi connectivity index (χ1n) is 8.26. The van der Waals surface area contributed by atoms with Crippen LogP contribution in [0, 0.1) is 23.1 Å². The van der Waals surface area contributed by atoms with E-state index in [2.05, 4.69) is 22.9 Å². The van der Waals surface area contributed by atoms with Crippen LogP contribution >= 0.6 is 15.9 Å². The number of hydrogen-bond donors (Lipinski definition) is 2. The highest BCUT2D eigenvalue weighted by Crippen LogP contribution is 2.62. The maximum absolute atomic E-state index is 14.2. The molecule has 0 aromatic heterocycles. The Bertz CT molecular complexity index is 619. The second-order valence-electron chi connectivity index (χ2n) is 7.62. The molecule has 0 amide bonds. The zero-order chi connectivity index (χ0) is 15.6. The van der Waals surface area contributed by atoms with Crippen molar-refractivity contribution in [2.75, 3.05) is 0 Å². The molecule has 4 heteroatoms.